The fraction of sp³-hybridized carbons (Fsp3) is 0.500. The molecule has 0 saturated heterocycles. The third-order valence-corrected chi connectivity index (χ3v) is 4.98. The summed E-state index contributed by atoms with van der Waals surface area (Å²) in [6, 6.07) is 3.73. The van der Waals surface area contributed by atoms with Crippen LogP contribution in [-0.2, 0) is 22.7 Å². The lowest BCUT2D eigenvalue weighted by molar-refractivity contribution is 0.0999. The fourth-order valence-corrected chi connectivity index (χ4v) is 3.42. The van der Waals surface area contributed by atoms with Crippen LogP contribution in [0.3, 0.4) is 0 Å². The van der Waals surface area contributed by atoms with E-state index in [9.17, 15) is 4.79 Å². The Morgan fingerprint density at radius 3 is 2.07 bits per heavy atom. The van der Waals surface area contributed by atoms with Crippen LogP contribution in [0.4, 0.5) is 5.82 Å². The average Bonchev–Trinajstić information content (AvgIpc) is 2.72. The van der Waals surface area contributed by atoms with E-state index >= 15 is 0 Å². The van der Waals surface area contributed by atoms with Gasteiger partial charge in [0, 0.05) is 31.4 Å². The number of rotatable bonds is 11. The molecule has 1 heterocycles. The van der Waals surface area contributed by atoms with E-state index in [2.05, 4.69) is 19.2 Å². The van der Waals surface area contributed by atoms with Crippen molar-refractivity contribution in [3.8, 4) is 17.1 Å². The Morgan fingerprint density at radius 2 is 1.63 bits per heavy atom. The number of benzene rings is 1. The molecule has 30 heavy (non-hydrogen) atoms. The van der Waals surface area contributed by atoms with Crippen molar-refractivity contribution in [2.45, 2.75) is 52.9 Å². The van der Waals surface area contributed by atoms with Crippen LogP contribution in [0.5, 0.6) is 5.88 Å². The molecule has 0 atom stereocenters. The van der Waals surface area contributed by atoms with Crippen molar-refractivity contribution in [2.75, 3.05) is 26.6 Å². The number of nitrogens with two attached hydrogens (primary N) is 1. The minimum atomic E-state index is -0.513. The normalized spacial score (nSPS) is 11.0. The summed E-state index contributed by atoms with van der Waals surface area (Å²) in [4.78, 5) is 21.3. The fourth-order valence-electron chi connectivity index (χ4n) is 3.42. The summed E-state index contributed by atoms with van der Waals surface area (Å²) in [5.41, 5.74) is 9.66. The Hall–Kier alpha value is -2.71. The molecular weight excluding hydrogens is 384 g/mol. The number of aromatic nitrogens is 2. The van der Waals surface area contributed by atoms with E-state index in [0.717, 1.165) is 35.2 Å². The van der Waals surface area contributed by atoms with Gasteiger partial charge in [0.1, 0.15) is 0 Å². The number of ether oxygens (including phenoxy) is 3. The average molecular weight is 417 g/mol. The van der Waals surface area contributed by atoms with Gasteiger partial charge in [-0.2, -0.15) is 0 Å². The summed E-state index contributed by atoms with van der Waals surface area (Å²) in [6.07, 6.45) is 1.93. The number of nitrogens with zero attached hydrogens (tertiary/aromatic N) is 2. The summed E-state index contributed by atoms with van der Waals surface area (Å²) in [7, 11) is 4.76. The van der Waals surface area contributed by atoms with E-state index in [4.69, 9.17) is 29.9 Å². The number of anilines is 1. The summed E-state index contributed by atoms with van der Waals surface area (Å²) in [6.45, 7) is 6.71. The molecule has 0 bridgehead atoms. The van der Waals surface area contributed by atoms with Gasteiger partial charge in [-0.25, -0.2) is 9.97 Å². The SMILES string of the molecule is CCC(CC)Nc1nc(C)c(-c2c(COC)cc(C(N)=O)cc2COC)nc1OC. The van der Waals surface area contributed by atoms with Crippen molar-refractivity contribution in [2.24, 2.45) is 5.73 Å². The molecule has 0 aliphatic carbocycles. The second-order valence-corrected chi connectivity index (χ2v) is 7.07. The summed E-state index contributed by atoms with van der Waals surface area (Å²) >= 11 is 0. The highest BCUT2D eigenvalue weighted by molar-refractivity contribution is 5.94. The molecule has 2 aromatic rings. The zero-order valence-electron chi connectivity index (χ0n) is 18.7. The lowest BCUT2D eigenvalue weighted by atomic mass is 9.94. The van der Waals surface area contributed by atoms with Gasteiger partial charge in [0.05, 0.1) is 31.7 Å². The summed E-state index contributed by atoms with van der Waals surface area (Å²) in [5, 5.41) is 3.41. The maximum Gasteiger partial charge on any atom is 0.257 e. The van der Waals surface area contributed by atoms with Gasteiger partial charge in [-0.1, -0.05) is 13.8 Å². The number of hydrogen-bond donors (Lipinski definition) is 2. The van der Waals surface area contributed by atoms with Gasteiger partial charge in [0.2, 0.25) is 5.91 Å². The molecule has 0 aliphatic heterocycles. The molecule has 0 spiro atoms. The largest absolute Gasteiger partial charge is 0.478 e. The number of carbonyl (C=O) groups is 1. The maximum absolute atomic E-state index is 11.8. The van der Waals surface area contributed by atoms with E-state index in [0.29, 0.717) is 23.0 Å². The third kappa shape index (κ3) is 5.25. The lowest BCUT2D eigenvalue weighted by Gasteiger charge is -2.21. The zero-order valence-corrected chi connectivity index (χ0v) is 18.7. The Bertz CT molecular complexity index is 855. The Balaban J connectivity index is 2.70. The first-order valence-corrected chi connectivity index (χ1v) is 10.0. The second-order valence-electron chi connectivity index (χ2n) is 7.07. The predicted molar refractivity (Wildman–Crippen MR) is 117 cm³/mol. The minimum absolute atomic E-state index is 0.279. The zero-order chi connectivity index (χ0) is 22.3. The first kappa shape index (κ1) is 23.6. The van der Waals surface area contributed by atoms with E-state index in [1.54, 1.807) is 33.5 Å². The van der Waals surface area contributed by atoms with Gasteiger partial charge in [-0.3, -0.25) is 4.79 Å². The van der Waals surface area contributed by atoms with Gasteiger partial charge in [0.15, 0.2) is 5.82 Å². The number of primary amides is 1. The Kier molecular flexibility index (Phi) is 8.56. The number of methoxy groups -OCH3 is 3. The molecule has 1 amide bonds. The molecule has 0 radical (unpaired) electrons. The highest BCUT2D eigenvalue weighted by Gasteiger charge is 2.21. The third-order valence-electron chi connectivity index (χ3n) is 4.98. The van der Waals surface area contributed by atoms with Crippen LogP contribution >= 0.6 is 0 Å². The van der Waals surface area contributed by atoms with Crippen LogP contribution in [0.2, 0.25) is 0 Å². The molecule has 8 heteroatoms. The van der Waals surface area contributed by atoms with Gasteiger partial charge in [-0.05, 0) is 43.0 Å². The predicted octanol–water partition coefficient (Wildman–Crippen LogP) is 3.45. The molecule has 0 saturated carbocycles. The van der Waals surface area contributed by atoms with Crippen molar-refractivity contribution >= 4 is 11.7 Å². The molecule has 164 valence electrons. The number of nitrogens with one attached hydrogen (secondary N) is 1. The lowest BCUT2D eigenvalue weighted by Crippen LogP contribution is -2.19. The van der Waals surface area contributed by atoms with Crippen LogP contribution in [0.1, 0.15) is 53.9 Å². The molecule has 0 unspecified atom stereocenters. The highest BCUT2D eigenvalue weighted by atomic mass is 16.5. The molecule has 3 N–H and O–H groups in total. The number of aryl methyl sites for hydroxylation is 1. The van der Waals surface area contributed by atoms with Crippen LogP contribution in [0.15, 0.2) is 12.1 Å². The topological polar surface area (TPSA) is 109 Å². The number of amides is 1. The smallest absolute Gasteiger partial charge is 0.257 e. The van der Waals surface area contributed by atoms with Gasteiger partial charge in [-0.15, -0.1) is 0 Å². The quantitative estimate of drug-likeness (QED) is 0.577. The van der Waals surface area contributed by atoms with Crippen molar-refractivity contribution in [1.29, 1.82) is 0 Å². The van der Waals surface area contributed by atoms with E-state index in [1.165, 1.54) is 0 Å². The molecule has 1 aromatic heterocycles. The summed E-state index contributed by atoms with van der Waals surface area (Å²) in [5.74, 6) is 0.511. The number of hydrogen-bond acceptors (Lipinski definition) is 7. The van der Waals surface area contributed by atoms with Crippen molar-refractivity contribution in [1.82, 2.24) is 9.97 Å². The molecule has 0 fully saturated rings. The standard InChI is InChI=1S/C22H32N4O4/c1-7-17(8-2)25-21-22(30-6)26-19(13(3)24-21)18-15(11-28-4)9-14(20(23)27)10-16(18)12-29-5/h9-10,17H,7-8,11-12H2,1-6H3,(H2,23,27)(H,24,25). The van der Waals surface area contributed by atoms with Crippen LogP contribution in [0.25, 0.3) is 11.3 Å². The van der Waals surface area contributed by atoms with Crippen molar-refractivity contribution < 1.29 is 19.0 Å². The first-order chi connectivity index (χ1) is 14.4. The molecular formula is C22H32N4O4. The van der Waals surface area contributed by atoms with Crippen LogP contribution in [-0.4, -0.2) is 43.2 Å². The molecule has 2 rings (SSSR count). The Morgan fingerprint density at radius 1 is 1.07 bits per heavy atom. The highest BCUT2D eigenvalue weighted by Crippen LogP contribution is 2.34. The van der Waals surface area contributed by atoms with Crippen molar-refractivity contribution in [3.63, 3.8) is 0 Å². The maximum atomic E-state index is 11.8. The van der Waals surface area contributed by atoms with E-state index < -0.39 is 5.91 Å². The second kappa shape index (κ2) is 10.9. The summed E-state index contributed by atoms with van der Waals surface area (Å²) < 4.78 is 16.3. The molecule has 1 aromatic carbocycles. The molecule has 0 aliphatic rings. The molecule has 8 nitrogen and oxygen atoms in total. The Labute approximate surface area is 178 Å². The van der Waals surface area contributed by atoms with E-state index in [1.807, 2.05) is 6.92 Å². The van der Waals surface area contributed by atoms with Gasteiger partial charge in [0.25, 0.3) is 5.88 Å². The van der Waals surface area contributed by atoms with Crippen LogP contribution in [0, 0.1) is 6.92 Å². The van der Waals surface area contributed by atoms with E-state index in [-0.39, 0.29) is 19.3 Å². The van der Waals surface area contributed by atoms with Gasteiger partial charge >= 0.3 is 0 Å². The van der Waals surface area contributed by atoms with Crippen LogP contribution < -0.4 is 15.8 Å². The van der Waals surface area contributed by atoms with Crippen molar-refractivity contribution in [3.05, 3.63) is 34.5 Å². The first-order valence-electron chi connectivity index (χ1n) is 10.0. The minimum Gasteiger partial charge on any atom is -0.478 e. The monoisotopic (exact) mass is 416 g/mol. The number of carbonyl (C=O) groups excluding carboxylic acids is 1. The van der Waals surface area contributed by atoms with Gasteiger partial charge < -0.3 is 25.3 Å².